The quantitative estimate of drug-likeness (QED) is 0.661. The highest BCUT2D eigenvalue weighted by atomic mass is 16.6. The third-order valence-electron chi connectivity index (χ3n) is 3.08. The number of aliphatic hydroxyl groups is 1. The molecule has 1 saturated heterocycles. The molecule has 2 bridgehead atoms. The van der Waals surface area contributed by atoms with E-state index in [2.05, 4.69) is 0 Å². The summed E-state index contributed by atoms with van der Waals surface area (Å²) < 4.78 is 5.30. The molecule has 0 spiro atoms. The fraction of sp³-hybridized carbons (Fsp3) is 0.909. The van der Waals surface area contributed by atoms with Crippen LogP contribution in [0.4, 0.5) is 4.79 Å². The normalized spacial score (nSPS) is 34.7. The lowest BCUT2D eigenvalue weighted by Gasteiger charge is -2.32. The number of likely N-dealkylation sites (tertiary alicyclic amines) is 1. The minimum atomic E-state index is -0.454. The molecule has 1 heterocycles. The Kier molecular flexibility index (Phi) is 2.41. The Labute approximate surface area is 90.2 Å². The van der Waals surface area contributed by atoms with Crippen LogP contribution in [0.2, 0.25) is 0 Å². The molecule has 0 unspecified atom stereocenters. The van der Waals surface area contributed by atoms with Crippen molar-refractivity contribution in [3.63, 3.8) is 0 Å². The molecule has 4 heteroatoms. The van der Waals surface area contributed by atoms with Crippen molar-refractivity contribution < 1.29 is 14.6 Å². The Morgan fingerprint density at radius 1 is 1.40 bits per heavy atom. The van der Waals surface area contributed by atoms with E-state index >= 15 is 0 Å². The zero-order chi connectivity index (χ0) is 11.2. The topological polar surface area (TPSA) is 49.8 Å². The van der Waals surface area contributed by atoms with Crippen LogP contribution in [0.1, 0.15) is 33.6 Å². The Hall–Kier alpha value is -0.770. The molecule has 1 amide bonds. The maximum atomic E-state index is 11.8. The van der Waals surface area contributed by atoms with Crippen LogP contribution in [-0.2, 0) is 4.74 Å². The monoisotopic (exact) mass is 213 g/mol. The molecule has 0 aromatic heterocycles. The number of hydrogen-bond donors (Lipinski definition) is 1. The highest BCUT2D eigenvalue weighted by Gasteiger charge is 2.47. The van der Waals surface area contributed by atoms with Gasteiger partial charge in [-0.15, -0.1) is 0 Å². The van der Waals surface area contributed by atoms with Gasteiger partial charge in [-0.1, -0.05) is 0 Å². The number of hydrogen-bond acceptors (Lipinski definition) is 3. The number of amides is 1. The van der Waals surface area contributed by atoms with Gasteiger partial charge in [-0.25, -0.2) is 4.79 Å². The molecule has 1 N–H and O–H groups in total. The number of nitrogens with zero attached hydrogens (tertiary/aromatic N) is 1. The first-order valence-corrected chi connectivity index (χ1v) is 5.54. The lowest BCUT2D eigenvalue weighted by molar-refractivity contribution is -0.00176. The van der Waals surface area contributed by atoms with Crippen LogP contribution in [0.15, 0.2) is 0 Å². The van der Waals surface area contributed by atoms with Gasteiger partial charge in [-0.05, 0) is 39.5 Å². The van der Waals surface area contributed by atoms with Gasteiger partial charge in [0, 0.05) is 6.54 Å². The summed E-state index contributed by atoms with van der Waals surface area (Å²) in [5, 5.41) is 9.69. The minimum Gasteiger partial charge on any atom is -0.444 e. The van der Waals surface area contributed by atoms with E-state index in [0.29, 0.717) is 5.92 Å². The Balaban J connectivity index is 1.98. The van der Waals surface area contributed by atoms with Crippen LogP contribution in [0.25, 0.3) is 0 Å². The average Bonchev–Trinajstić information content (AvgIpc) is 2.58. The third-order valence-corrected chi connectivity index (χ3v) is 3.08. The molecule has 2 rings (SSSR count). The second-order valence-electron chi connectivity index (χ2n) is 5.60. The molecule has 0 aromatic carbocycles. The van der Waals surface area contributed by atoms with E-state index in [0.717, 1.165) is 19.4 Å². The Morgan fingerprint density at radius 3 is 2.53 bits per heavy atom. The largest absolute Gasteiger partial charge is 0.444 e. The number of piperidine rings is 1. The second-order valence-corrected chi connectivity index (χ2v) is 5.60. The predicted octanol–water partition coefficient (Wildman–Crippen LogP) is 1.38. The van der Waals surface area contributed by atoms with E-state index < -0.39 is 5.60 Å². The van der Waals surface area contributed by atoms with Crippen molar-refractivity contribution in [1.29, 1.82) is 0 Å². The van der Waals surface area contributed by atoms with E-state index in [1.165, 1.54) is 0 Å². The van der Waals surface area contributed by atoms with Gasteiger partial charge in [0.05, 0.1) is 12.1 Å². The number of carbonyl (C=O) groups is 1. The van der Waals surface area contributed by atoms with Gasteiger partial charge in [0.15, 0.2) is 0 Å². The highest BCUT2D eigenvalue weighted by molar-refractivity contribution is 5.69. The zero-order valence-electron chi connectivity index (χ0n) is 9.56. The second kappa shape index (κ2) is 3.37. The van der Waals surface area contributed by atoms with E-state index in [-0.39, 0.29) is 18.2 Å². The molecule has 2 fully saturated rings. The fourth-order valence-electron chi connectivity index (χ4n) is 2.52. The number of fused-ring (bicyclic) bond motifs is 2. The molecule has 4 nitrogen and oxygen atoms in total. The molecule has 3 atom stereocenters. The summed E-state index contributed by atoms with van der Waals surface area (Å²) in [5.74, 6) is 0.470. The van der Waals surface area contributed by atoms with Gasteiger partial charge in [0.25, 0.3) is 0 Å². The Bertz CT molecular complexity index is 271. The summed E-state index contributed by atoms with van der Waals surface area (Å²) >= 11 is 0. The van der Waals surface area contributed by atoms with Gasteiger partial charge in [0.2, 0.25) is 0 Å². The lowest BCUT2D eigenvalue weighted by Crippen LogP contribution is -2.46. The summed E-state index contributed by atoms with van der Waals surface area (Å²) in [5.41, 5.74) is -0.454. The predicted molar refractivity (Wildman–Crippen MR) is 55.5 cm³/mol. The van der Waals surface area contributed by atoms with Gasteiger partial charge < -0.3 is 14.7 Å². The van der Waals surface area contributed by atoms with Gasteiger partial charge in [-0.3, -0.25) is 0 Å². The highest BCUT2D eigenvalue weighted by Crippen LogP contribution is 2.38. The van der Waals surface area contributed by atoms with Crippen LogP contribution in [0.3, 0.4) is 0 Å². The molecule has 0 aromatic rings. The standard InChI is InChI=1S/C11H19NO3/c1-11(2,3)15-10(14)12-6-7-4-8(12)9(13)5-7/h7-9,13H,4-6H2,1-3H3/t7-,8-,9-/m1/s1. The number of aliphatic hydroxyl groups excluding tert-OH is 1. The Morgan fingerprint density at radius 2 is 2.07 bits per heavy atom. The molecular weight excluding hydrogens is 194 g/mol. The first kappa shape index (κ1) is 10.7. The summed E-state index contributed by atoms with van der Waals surface area (Å²) in [6.45, 7) is 6.32. The molecule has 86 valence electrons. The maximum Gasteiger partial charge on any atom is 0.410 e. The summed E-state index contributed by atoms with van der Waals surface area (Å²) in [7, 11) is 0. The molecule has 1 aliphatic heterocycles. The number of ether oxygens (including phenoxy) is 1. The molecule has 15 heavy (non-hydrogen) atoms. The minimum absolute atomic E-state index is 0.00940. The van der Waals surface area contributed by atoms with Crippen LogP contribution >= 0.6 is 0 Å². The lowest BCUT2D eigenvalue weighted by atomic mass is 10.1. The van der Waals surface area contributed by atoms with Crippen LogP contribution in [0, 0.1) is 5.92 Å². The summed E-state index contributed by atoms with van der Waals surface area (Å²) in [6, 6.07) is -0.00940. The summed E-state index contributed by atoms with van der Waals surface area (Å²) in [6.07, 6.45) is 1.13. The van der Waals surface area contributed by atoms with Crippen LogP contribution in [0.5, 0.6) is 0 Å². The zero-order valence-corrected chi connectivity index (χ0v) is 9.56. The molecule has 1 aliphatic carbocycles. The molecule has 0 radical (unpaired) electrons. The first-order valence-electron chi connectivity index (χ1n) is 5.54. The maximum absolute atomic E-state index is 11.8. The van der Waals surface area contributed by atoms with E-state index in [1.807, 2.05) is 20.8 Å². The van der Waals surface area contributed by atoms with Crippen molar-refractivity contribution in [1.82, 2.24) is 4.90 Å². The van der Waals surface area contributed by atoms with Crippen LogP contribution < -0.4 is 0 Å². The molecular formula is C11H19NO3. The number of carbonyl (C=O) groups excluding carboxylic acids is 1. The first-order chi connectivity index (χ1) is 6.87. The van der Waals surface area contributed by atoms with Crippen molar-refractivity contribution in [2.45, 2.75) is 51.4 Å². The fourth-order valence-corrected chi connectivity index (χ4v) is 2.52. The SMILES string of the molecule is CC(C)(C)OC(=O)N1C[C@H]2C[C@@H](O)[C@H]1C2. The van der Waals surface area contributed by atoms with Gasteiger partial charge >= 0.3 is 6.09 Å². The van der Waals surface area contributed by atoms with Crippen LogP contribution in [-0.4, -0.2) is 40.4 Å². The van der Waals surface area contributed by atoms with Crippen molar-refractivity contribution in [2.24, 2.45) is 5.92 Å². The average molecular weight is 213 g/mol. The molecule has 1 saturated carbocycles. The van der Waals surface area contributed by atoms with E-state index in [9.17, 15) is 9.90 Å². The van der Waals surface area contributed by atoms with Gasteiger partial charge in [-0.2, -0.15) is 0 Å². The van der Waals surface area contributed by atoms with Crippen molar-refractivity contribution in [3.05, 3.63) is 0 Å². The van der Waals surface area contributed by atoms with Gasteiger partial charge in [0.1, 0.15) is 5.60 Å². The third kappa shape index (κ3) is 2.09. The summed E-state index contributed by atoms with van der Waals surface area (Å²) in [4.78, 5) is 13.5. The molecule has 2 aliphatic rings. The van der Waals surface area contributed by atoms with Crippen molar-refractivity contribution >= 4 is 6.09 Å². The van der Waals surface area contributed by atoms with E-state index in [1.54, 1.807) is 4.90 Å². The number of rotatable bonds is 0. The van der Waals surface area contributed by atoms with Crippen molar-refractivity contribution in [2.75, 3.05) is 6.54 Å². The van der Waals surface area contributed by atoms with E-state index in [4.69, 9.17) is 4.74 Å². The smallest absolute Gasteiger partial charge is 0.410 e. The van der Waals surface area contributed by atoms with Crippen molar-refractivity contribution in [3.8, 4) is 0 Å².